The summed E-state index contributed by atoms with van der Waals surface area (Å²) in [4.78, 5) is 11.5. The third-order valence-corrected chi connectivity index (χ3v) is 3.93. The van der Waals surface area contributed by atoms with E-state index in [2.05, 4.69) is 0 Å². The Bertz CT molecular complexity index is 554. The molecule has 0 radical (unpaired) electrons. The van der Waals surface area contributed by atoms with Crippen LogP contribution >= 0.6 is 23.4 Å². The van der Waals surface area contributed by atoms with Crippen LogP contribution in [0.25, 0.3) is 0 Å². The molecule has 0 aliphatic carbocycles. The molecule has 0 saturated carbocycles. The van der Waals surface area contributed by atoms with Crippen molar-refractivity contribution in [2.45, 2.75) is 10.6 Å². The highest BCUT2D eigenvalue weighted by molar-refractivity contribution is 7.98. The first kappa shape index (κ1) is 13.1. The molecular formula is C14H10ClFOS. The van der Waals surface area contributed by atoms with Crippen molar-refractivity contribution >= 4 is 29.6 Å². The van der Waals surface area contributed by atoms with Crippen molar-refractivity contribution in [3.8, 4) is 0 Å². The smallest absolute Gasteiger partial charge is 0.150 e. The number of benzene rings is 2. The largest absolute Gasteiger partial charge is 0.298 e. The third kappa shape index (κ3) is 3.12. The summed E-state index contributed by atoms with van der Waals surface area (Å²) in [6, 6.07) is 12.0. The van der Waals surface area contributed by atoms with Gasteiger partial charge in [0, 0.05) is 16.2 Å². The Morgan fingerprint density at radius 1 is 1.17 bits per heavy atom. The normalized spacial score (nSPS) is 10.3. The van der Waals surface area contributed by atoms with Gasteiger partial charge in [-0.1, -0.05) is 35.9 Å². The lowest BCUT2D eigenvalue weighted by Crippen LogP contribution is -1.86. The summed E-state index contributed by atoms with van der Waals surface area (Å²) in [6.45, 7) is 0. The summed E-state index contributed by atoms with van der Waals surface area (Å²) < 4.78 is 13.2. The summed E-state index contributed by atoms with van der Waals surface area (Å²) in [5, 5.41) is 0.175. The zero-order valence-electron chi connectivity index (χ0n) is 9.40. The number of carbonyl (C=O) groups excluding carboxylic acids is 1. The lowest BCUT2D eigenvalue weighted by molar-refractivity contribution is 0.112. The van der Waals surface area contributed by atoms with Gasteiger partial charge in [-0.15, -0.1) is 11.8 Å². The van der Waals surface area contributed by atoms with E-state index in [1.807, 2.05) is 12.1 Å². The van der Waals surface area contributed by atoms with Crippen molar-refractivity contribution in [2.24, 2.45) is 0 Å². The summed E-state index contributed by atoms with van der Waals surface area (Å²) in [5.74, 6) is 0.197. The van der Waals surface area contributed by atoms with Gasteiger partial charge in [-0.3, -0.25) is 4.79 Å². The van der Waals surface area contributed by atoms with Crippen molar-refractivity contribution in [1.29, 1.82) is 0 Å². The molecule has 0 fully saturated rings. The van der Waals surface area contributed by atoms with E-state index in [-0.39, 0.29) is 5.02 Å². The van der Waals surface area contributed by atoms with Gasteiger partial charge in [0.05, 0.1) is 5.02 Å². The molecule has 0 aliphatic rings. The maximum atomic E-state index is 13.2. The summed E-state index contributed by atoms with van der Waals surface area (Å²) in [7, 11) is 0. The van der Waals surface area contributed by atoms with Gasteiger partial charge < -0.3 is 0 Å². The van der Waals surface area contributed by atoms with E-state index in [0.717, 1.165) is 16.7 Å². The average Bonchev–Trinajstić information content (AvgIpc) is 2.41. The van der Waals surface area contributed by atoms with Gasteiger partial charge in [0.25, 0.3) is 0 Å². The Balaban J connectivity index is 2.06. The molecule has 92 valence electrons. The zero-order chi connectivity index (χ0) is 13.0. The van der Waals surface area contributed by atoms with Gasteiger partial charge in [0.1, 0.15) is 12.1 Å². The van der Waals surface area contributed by atoms with Crippen LogP contribution in [0.3, 0.4) is 0 Å². The fourth-order valence-electron chi connectivity index (χ4n) is 1.46. The maximum absolute atomic E-state index is 13.2. The van der Waals surface area contributed by atoms with Crippen molar-refractivity contribution in [1.82, 2.24) is 0 Å². The Kier molecular flexibility index (Phi) is 4.39. The number of thioether (sulfide) groups is 1. The Morgan fingerprint density at radius 3 is 2.56 bits per heavy atom. The highest BCUT2D eigenvalue weighted by atomic mass is 35.5. The molecule has 2 aromatic rings. The standard InChI is InChI=1S/C14H10ClFOS/c15-14-11(2-1-3-13(14)16)9-18-12-6-4-10(8-17)5-7-12/h1-8H,9H2. The SMILES string of the molecule is O=Cc1ccc(SCc2cccc(F)c2Cl)cc1. The molecule has 4 heteroatoms. The molecule has 0 bridgehead atoms. The summed E-state index contributed by atoms with van der Waals surface area (Å²) in [5.41, 5.74) is 1.41. The van der Waals surface area contributed by atoms with Crippen LogP contribution in [-0.2, 0) is 5.75 Å². The van der Waals surface area contributed by atoms with Crippen LogP contribution in [-0.4, -0.2) is 6.29 Å². The van der Waals surface area contributed by atoms with Crippen LogP contribution in [0.5, 0.6) is 0 Å². The second kappa shape index (κ2) is 6.03. The third-order valence-electron chi connectivity index (χ3n) is 2.44. The Labute approximate surface area is 114 Å². The van der Waals surface area contributed by atoms with Gasteiger partial charge in [0.2, 0.25) is 0 Å². The van der Waals surface area contributed by atoms with Crippen LogP contribution in [0.2, 0.25) is 5.02 Å². The van der Waals surface area contributed by atoms with Crippen LogP contribution in [0.1, 0.15) is 15.9 Å². The fourth-order valence-corrected chi connectivity index (χ4v) is 2.63. The number of halogens is 2. The monoisotopic (exact) mass is 280 g/mol. The second-order valence-electron chi connectivity index (χ2n) is 3.69. The molecule has 2 rings (SSSR count). The summed E-state index contributed by atoms with van der Waals surface area (Å²) in [6.07, 6.45) is 0.803. The van der Waals surface area contributed by atoms with Crippen LogP contribution < -0.4 is 0 Å². The topological polar surface area (TPSA) is 17.1 Å². The molecule has 0 aromatic heterocycles. The van der Waals surface area contributed by atoms with Crippen molar-refractivity contribution in [2.75, 3.05) is 0 Å². The van der Waals surface area contributed by atoms with E-state index in [1.165, 1.54) is 6.07 Å². The quantitative estimate of drug-likeness (QED) is 0.602. The molecule has 2 aromatic carbocycles. The average molecular weight is 281 g/mol. The lowest BCUT2D eigenvalue weighted by Gasteiger charge is -2.05. The molecule has 0 amide bonds. The molecule has 0 spiro atoms. The minimum Gasteiger partial charge on any atom is -0.298 e. The van der Waals surface area contributed by atoms with Crippen LogP contribution in [0.15, 0.2) is 47.4 Å². The zero-order valence-corrected chi connectivity index (χ0v) is 11.0. The first-order chi connectivity index (χ1) is 8.70. The van der Waals surface area contributed by atoms with E-state index in [4.69, 9.17) is 11.6 Å². The van der Waals surface area contributed by atoms with E-state index >= 15 is 0 Å². The molecule has 1 nitrogen and oxygen atoms in total. The number of hydrogen-bond acceptors (Lipinski definition) is 2. The molecule has 18 heavy (non-hydrogen) atoms. The Hall–Kier alpha value is -1.32. The van der Waals surface area contributed by atoms with Crippen molar-refractivity contribution < 1.29 is 9.18 Å². The van der Waals surface area contributed by atoms with Gasteiger partial charge in [-0.05, 0) is 23.8 Å². The molecule has 0 aliphatic heterocycles. The summed E-state index contributed by atoms with van der Waals surface area (Å²) >= 11 is 7.42. The first-order valence-corrected chi connectivity index (χ1v) is 6.68. The van der Waals surface area contributed by atoms with Crippen molar-refractivity contribution in [3.63, 3.8) is 0 Å². The van der Waals surface area contributed by atoms with E-state index in [1.54, 1.807) is 36.0 Å². The van der Waals surface area contributed by atoms with E-state index in [0.29, 0.717) is 11.3 Å². The fraction of sp³-hybridized carbons (Fsp3) is 0.0714. The van der Waals surface area contributed by atoms with Gasteiger partial charge >= 0.3 is 0 Å². The second-order valence-corrected chi connectivity index (χ2v) is 5.12. The number of rotatable bonds is 4. The Morgan fingerprint density at radius 2 is 1.89 bits per heavy atom. The van der Waals surface area contributed by atoms with Crippen LogP contribution in [0, 0.1) is 5.82 Å². The highest BCUT2D eigenvalue weighted by Gasteiger charge is 2.05. The number of aldehydes is 1. The van der Waals surface area contributed by atoms with Gasteiger partial charge in [0.15, 0.2) is 0 Å². The predicted molar refractivity (Wildman–Crippen MR) is 72.8 cm³/mol. The molecule has 0 unspecified atom stereocenters. The van der Waals surface area contributed by atoms with Gasteiger partial charge in [-0.25, -0.2) is 4.39 Å². The predicted octanol–water partition coefficient (Wildman–Crippen LogP) is 4.58. The molecule has 0 N–H and O–H groups in total. The molecular weight excluding hydrogens is 271 g/mol. The molecule has 0 saturated heterocycles. The number of carbonyl (C=O) groups is 1. The minimum absolute atomic E-state index is 0.175. The van der Waals surface area contributed by atoms with Crippen LogP contribution in [0.4, 0.5) is 4.39 Å². The molecule has 0 atom stereocenters. The highest BCUT2D eigenvalue weighted by Crippen LogP contribution is 2.28. The maximum Gasteiger partial charge on any atom is 0.150 e. The minimum atomic E-state index is -0.397. The number of hydrogen-bond donors (Lipinski definition) is 0. The lowest BCUT2D eigenvalue weighted by atomic mass is 10.2. The van der Waals surface area contributed by atoms with Crippen molar-refractivity contribution in [3.05, 3.63) is 64.4 Å². The van der Waals surface area contributed by atoms with E-state index in [9.17, 15) is 9.18 Å². The first-order valence-electron chi connectivity index (χ1n) is 5.31. The molecule has 0 heterocycles. The van der Waals surface area contributed by atoms with Gasteiger partial charge in [-0.2, -0.15) is 0 Å². The van der Waals surface area contributed by atoms with E-state index < -0.39 is 5.82 Å².